The minimum Gasteiger partial charge on any atom is -0.422 e. The SMILES string of the molecule is C[C@H](N)C(=O)OC1OC(=O)N(c2ccc(-c3ccc(-c4nnnn4C)nc3)c(F)c2)[C@@H]1C.Cl. The number of cyclic esters (lactones) is 1. The van der Waals surface area contributed by atoms with E-state index in [9.17, 15) is 14.0 Å². The van der Waals surface area contributed by atoms with Gasteiger partial charge >= 0.3 is 12.1 Å². The van der Waals surface area contributed by atoms with E-state index in [4.69, 9.17) is 15.2 Å². The number of carbonyl (C=O) groups is 2. The van der Waals surface area contributed by atoms with Crippen LogP contribution in [0.5, 0.6) is 0 Å². The second-order valence-electron chi connectivity index (χ2n) is 7.31. The number of pyridine rings is 1. The van der Waals surface area contributed by atoms with Gasteiger partial charge in [-0.15, -0.1) is 17.5 Å². The van der Waals surface area contributed by atoms with Gasteiger partial charge in [0.25, 0.3) is 6.29 Å². The number of hydrogen-bond acceptors (Lipinski definition) is 9. The molecule has 2 N–H and O–H groups in total. The second kappa shape index (κ2) is 9.46. The molecule has 1 saturated heterocycles. The summed E-state index contributed by atoms with van der Waals surface area (Å²) in [5, 5.41) is 11.2. The lowest BCUT2D eigenvalue weighted by Gasteiger charge is -2.21. The maximum absolute atomic E-state index is 14.9. The van der Waals surface area contributed by atoms with E-state index >= 15 is 0 Å². The summed E-state index contributed by atoms with van der Waals surface area (Å²) in [7, 11) is 1.69. The number of hydrogen-bond donors (Lipinski definition) is 1. The molecular weight excluding hydrogens is 457 g/mol. The molecular formula is C20H21ClFN7O4. The van der Waals surface area contributed by atoms with E-state index < -0.39 is 36.3 Å². The number of ether oxygens (including phenoxy) is 2. The van der Waals surface area contributed by atoms with E-state index in [0.717, 1.165) is 0 Å². The van der Waals surface area contributed by atoms with Crippen molar-refractivity contribution in [2.75, 3.05) is 4.90 Å². The van der Waals surface area contributed by atoms with Crippen LogP contribution in [0.1, 0.15) is 13.8 Å². The Morgan fingerprint density at radius 2 is 2.06 bits per heavy atom. The maximum atomic E-state index is 14.9. The molecule has 3 aromatic rings. The largest absolute Gasteiger partial charge is 0.422 e. The average molecular weight is 478 g/mol. The van der Waals surface area contributed by atoms with Crippen LogP contribution >= 0.6 is 12.4 Å². The first kappa shape index (κ1) is 24.0. The molecule has 1 aliphatic rings. The van der Waals surface area contributed by atoms with Crippen molar-refractivity contribution in [3.63, 3.8) is 0 Å². The number of rotatable bonds is 5. The molecule has 1 amide bonds. The standard InChI is InChI=1S/C20H20FN7O4.ClH/c1-10(22)18(29)31-19-11(2)28(20(30)32-19)13-5-6-14(15(21)8-13)12-4-7-16(23-9-12)17-24-25-26-27(17)3;/h4-11,19H,22H2,1-3H3;1H/t10-,11+,19?;/m0./s1. The van der Waals surface area contributed by atoms with Gasteiger partial charge < -0.3 is 15.2 Å². The van der Waals surface area contributed by atoms with Crippen LogP contribution in [0.25, 0.3) is 22.6 Å². The Labute approximate surface area is 194 Å². The molecule has 33 heavy (non-hydrogen) atoms. The number of benzene rings is 1. The third kappa shape index (κ3) is 4.61. The van der Waals surface area contributed by atoms with Gasteiger partial charge in [0.2, 0.25) is 0 Å². The van der Waals surface area contributed by atoms with Crippen molar-refractivity contribution < 1.29 is 23.5 Å². The van der Waals surface area contributed by atoms with Gasteiger partial charge in [-0.3, -0.25) is 14.7 Å². The minimum absolute atomic E-state index is 0. The third-order valence-electron chi connectivity index (χ3n) is 4.97. The molecule has 4 rings (SSSR count). The zero-order chi connectivity index (χ0) is 23.0. The van der Waals surface area contributed by atoms with E-state index in [1.54, 1.807) is 32.2 Å². The molecule has 13 heteroatoms. The fourth-order valence-electron chi connectivity index (χ4n) is 3.25. The van der Waals surface area contributed by atoms with Gasteiger partial charge in [0.15, 0.2) is 5.82 Å². The Hall–Kier alpha value is -3.64. The highest BCUT2D eigenvalue weighted by Gasteiger charge is 2.42. The summed E-state index contributed by atoms with van der Waals surface area (Å²) in [6.07, 6.45) is -0.385. The van der Waals surface area contributed by atoms with Crippen LogP contribution in [0, 0.1) is 5.82 Å². The lowest BCUT2D eigenvalue weighted by atomic mass is 10.1. The van der Waals surface area contributed by atoms with Crippen LogP contribution in [-0.4, -0.2) is 55.6 Å². The Kier molecular flexibility index (Phi) is 6.89. The number of nitrogens with zero attached hydrogens (tertiary/aromatic N) is 6. The van der Waals surface area contributed by atoms with E-state index in [1.165, 1.54) is 34.8 Å². The van der Waals surface area contributed by atoms with Gasteiger partial charge in [-0.2, -0.15) is 0 Å². The molecule has 1 unspecified atom stereocenters. The second-order valence-corrected chi connectivity index (χ2v) is 7.31. The Bertz CT molecular complexity index is 1170. The fourth-order valence-corrected chi connectivity index (χ4v) is 3.25. The molecule has 1 aromatic carbocycles. The van der Waals surface area contributed by atoms with E-state index in [0.29, 0.717) is 22.6 Å². The first-order chi connectivity index (χ1) is 15.3. The number of halogens is 2. The molecule has 0 radical (unpaired) electrons. The van der Waals surface area contributed by atoms with Crippen LogP contribution in [0.15, 0.2) is 36.5 Å². The van der Waals surface area contributed by atoms with Crippen LogP contribution in [-0.2, 0) is 21.3 Å². The van der Waals surface area contributed by atoms with E-state index in [1.807, 2.05) is 0 Å². The van der Waals surface area contributed by atoms with Crippen molar-refractivity contribution in [1.29, 1.82) is 0 Å². The van der Waals surface area contributed by atoms with Crippen molar-refractivity contribution >= 4 is 30.2 Å². The number of nitrogens with two attached hydrogens (primary N) is 1. The summed E-state index contributed by atoms with van der Waals surface area (Å²) in [5.41, 5.74) is 7.12. The molecule has 0 spiro atoms. The highest BCUT2D eigenvalue weighted by Crippen LogP contribution is 2.32. The number of aryl methyl sites for hydroxylation is 1. The van der Waals surface area contributed by atoms with Crippen molar-refractivity contribution in [1.82, 2.24) is 25.2 Å². The number of amides is 1. The molecule has 0 aliphatic carbocycles. The first-order valence-corrected chi connectivity index (χ1v) is 9.71. The quantitative estimate of drug-likeness (QED) is 0.547. The molecule has 1 aliphatic heterocycles. The molecule has 0 bridgehead atoms. The zero-order valence-corrected chi connectivity index (χ0v) is 18.7. The summed E-state index contributed by atoms with van der Waals surface area (Å²) < 4.78 is 26.7. The van der Waals surface area contributed by atoms with Gasteiger partial charge in [0, 0.05) is 24.4 Å². The van der Waals surface area contributed by atoms with Crippen LogP contribution in [0.4, 0.5) is 14.9 Å². The van der Waals surface area contributed by atoms with Crippen molar-refractivity contribution in [3.05, 3.63) is 42.3 Å². The predicted octanol–water partition coefficient (Wildman–Crippen LogP) is 2.06. The van der Waals surface area contributed by atoms with Crippen molar-refractivity contribution in [2.45, 2.75) is 32.2 Å². The van der Waals surface area contributed by atoms with Gasteiger partial charge in [0.05, 0.1) is 5.69 Å². The van der Waals surface area contributed by atoms with Crippen LogP contribution in [0.2, 0.25) is 0 Å². The molecule has 3 heterocycles. The smallest absolute Gasteiger partial charge is 0.417 e. The highest BCUT2D eigenvalue weighted by molar-refractivity contribution is 5.91. The van der Waals surface area contributed by atoms with Crippen molar-refractivity contribution in [2.24, 2.45) is 12.8 Å². The number of tetrazole rings is 1. The third-order valence-corrected chi connectivity index (χ3v) is 4.97. The van der Waals surface area contributed by atoms with Gasteiger partial charge in [-0.25, -0.2) is 13.9 Å². The molecule has 2 aromatic heterocycles. The number of aromatic nitrogens is 5. The van der Waals surface area contributed by atoms with Gasteiger partial charge in [0.1, 0.15) is 23.6 Å². The van der Waals surface area contributed by atoms with Gasteiger partial charge in [-0.05, 0) is 48.5 Å². The van der Waals surface area contributed by atoms with E-state index in [-0.39, 0.29) is 18.1 Å². The topological polar surface area (TPSA) is 138 Å². The molecule has 174 valence electrons. The fraction of sp³-hybridized carbons (Fsp3) is 0.300. The summed E-state index contributed by atoms with van der Waals surface area (Å²) >= 11 is 0. The number of anilines is 1. The highest BCUT2D eigenvalue weighted by atomic mass is 35.5. The lowest BCUT2D eigenvalue weighted by Crippen LogP contribution is -2.39. The minimum atomic E-state index is -1.14. The number of esters is 1. The van der Waals surface area contributed by atoms with Crippen LogP contribution < -0.4 is 10.6 Å². The summed E-state index contributed by atoms with van der Waals surface area (Å²) in [5.74, 6) is -0.785. The summed E-state index contributed by atoms with van der Waals surface area (Å²) in [6, 6.07) is 6.17. The van der Waals surface area contributed by atoms with Crippen LogP contribution in [0.3, 0.4) is 0 Å². The Morgan fingerprint density at radius 1 is 1.30 bits per heavy atom. The average Bonchev–Trinajstić information content (AvgIpc) is 3.30. The zero-order valence-electron chi connectivity index (χ0n) is 17.9. The monoisotopic (exact) mass is 477 g/mol. The van der Waals surface area contributed by atoms with Gasteiger partial charge in [-0.1, -0.05) is 6.07 Å². The molecule has 0 saturated carbocycles. The summed E-state index contributed by atoms with van der Waals surface area (Å²) in [4.78, 5) is 29.6. The maximum Gasteiger partial charge on any atom is 0.417 e. The number of carbonyl (C=O) groups excluding carboxylic acids is 2. The van der Waals surface area contributed by atoms with Crippen molar-refractivity contribution in [3.8, 4) is 22.6 Å². The van der Waals surface area contributed by atoms with E-state index in [2.05, 4.69) is 20.5 Å². The molecule has 11 nitrogen and oxygen atoms in total. The molecule has 1 fully saturated rings. The lowest BCUT2D eigenvalue weighted by molar-refractivity contribution is -0.166. The Morgan fingerprint density at radius 3 is 2.64 bits per heavy atom. The predicted molar refractivity (Wildman–Crippen MR) is 117 cm³/mol. The normalized spacial score (nSPS) is 18.5. The molecule has 3 atom stereocenters. The first-order valence-electron chi connectivity index (χ1n) is 9.71. The Balaban J connectivity index is 0.00000306. The summed E-state index contributed by atoms with van der Waals surface area (Å²) in [6.45, 7) is 3.08.